The largest absolute Gasteiger partial charge is 0.377 e. The smallest absolute Gasteiger partial charge is 0.315 e. The molecule has 3 nitrogen and oxygen atoms in total. The second kappa shape index (κ2) is 4.92. The molecule has 1 rings (SSSR count). The zero-order valence-corrected chi connectivity index (χ0v) is 9.42. The summed E-state index contributed by atoms with van der Waals surface area (Å²) in [7, 11) is 3.70. The molecule has 0 atom stereocenters. The molecule has 1 N–H and O–H groups in total. The van der Waals surface area contributed by atoms with Gasteiger partial charge >= 0.3 is 6.43 Å². The average Bonchev–Trinajstić information content (AvgIpc) is 2.20. The van der Waals surface area contributed by atoms with Crippen LogP contribution in [-0.4, -0.2) is 26.4 Å². The molecule has 0 heterocycles. The number of rotatable bonds is 3. The van der Waals surface area contributed by atoms with Crippen LogP contribution in [0.25, 0.3) is 0 Å². The van der Waals surface area contributed by atoms with E-state index in [0.29, 0.717) is 5.69 Å². The van der Waals surface area contributed by atoms with Gasteiger partial charge in [-0.15, -0.1) is 0 Å². The maximum absolute atomic E-state index is 12.0. The maximum Gasteiger partial charge on any atom is 0.315 e. The molecule has 0 aliphatic carbocycles. The summed E-state index contributed by atoms with van der Waals surface area (Å²) in [6.07, 6.45) is -3.00. The van der Waals surface area contributed by atoms with Gasteiger partial charge in [0.2, 0.25) is 0 Å². The summed E-state index contributed by atoms with van der Waals surface area (Å²) in [4.78, 5) is 12.7. The average molecular weight is 228 g/mol. The minimum absolute atomic E-state index is 0.375. The topological polar surface area (TPSA) is 32.3 Å². The van der Waals surface area contributed by atoms with Gasteiger partial charge in [-0.25, -0.2) is 0 Å². The van der Waals surface area contributed by atoms with Crippen molar-refractivity contribution in [1.29, 1.82) is 0 Å². The van der Waals surface area contributed by atoms with E-state index in [0.717, 1.165) is 11.3 Å². The normalized spacial score (nSPS) is 10.4. The van der Waals surface area contributed by atoms with E-state index < -0.39 is 12.3 Å². The lowest BCUT2D eigenvalue weighted by atomic mass is 10.1. The van der Waals surface area contributed by atoms with Crippen molar-refractivity contribution in [2.24, 2.45) is 0 Å². The predicted octanol–water partition coefficient (Wildman–Crippen LogP) is 2.26. The van der Waals surface area contributed by atoms with Crippen LogP contribution in [0.5, 0.6) is 0 Å². The van der Waals surface area contributed by atoms with Crippen LogP contribution in [0.1, 0.15) is 5.56 Å². The highest BCUT2D eigenvalue weighted by Gasteiger charge is 2.15. The van der Waals surface area contributed by atoms with Crippen LogP contribution in [0.2, 0.25) is 0 Å². The Bertz CT molecular complexity index is 392. The first kappa shape index (κ1) is 12.4. The molecule has 0 aliphatic heterocycles. The number of carbonyl (C=O) groups excluding carboxylic acids is 1. The van der Waals surface area contributed by atoms with Crippen molar-refractivity contribution in [1.82, 2.24) is 0 Å². The van der Waals surface area contributed by atoms with E-state index in [-0.39, 0.29) is 0 Å². The van der Waals surface area contributed by atoms with Crippen molar-refractivity contribution in [3.8, 4) is 0 Å². The number of alkyl halides is 2. The number of nitrogens with one attached hydrogen (secondary N) is 1. The number of nitrogens with zero attached hydrogens (tertiary/aromatic N) is 1. The molecule has 0 radical (unpaired) electrons. The lowest BCUT2D eigenvalue weighted by molar-refractivity contribution is -0.126. The quantitative estimate of drug-likeness (QED) is 0.860. The van der Waals surface area contributed by atoms with Crippen LogP contribution in [0.15, 0.2) is 18.2 Å². The molecule has 0 unspecified atom stereocenters. The number of halogens is 2. The third-order valence-electron chi connectivity index (χ3n) is 2.16. The van der Waals surface area contributed by atoms with Gasteiger partial charge in [0.1, 0.15) is 0 Å². The van der Waals surface area contributed by atoms with E-state index in [1.165, 1.54) is 0 Å². The summed E-state index contributed by atoms with van der Waals surface area (Å²) < 4.78 is 24.1. The molecule has 0 aromatic heterocycles. The van der Waals surface area contributed by atoms with Crippen molar-refractivity contribution >= 4 is 17.3 Å². The van der Waals surface area contributed by atoms with Gasteiger partial charge in [0, 0.05) is 25.5 Å². The Labute approximate surface area is 93.1 Å². The molecule has 0 saturated carbocycles. The van der Waals surface area contributed by atoms with Crippen LogP contribution < -0.4 is 10.2 Å². The first-order valence-electron chi connectivity index (χ1n) is 4.79. The molecule has 0 spiro atoms. The first-order valence-corrected chi connectivity index (χ1v) is 4.79. The Hall–Kier alpha value is -1.65. The Balaban J connectivity index is 2.91. The SMILES string of the molecule is Cc1ccc(NC(=O)C(F)F)cc1N(C)C. The summed E-state index contributed by atoms with van der Waals surface area (Å²) >= 11 is 0. The molecule has 1 aromatic rings. The minimum atomic E-state index is -3.00. The summed E-state index contributed by atoms with van der Waals surface area (Å²) in [6.45, 7) is 1.91. The zero-order chi connectivity index (χ0) is 12.3. The number of amides is 1. The monoisotopic (exact) mass is 228 g/mol. The van der Waals surface area contributed by atoms with Gasteiger partial charge < -0.3 is 10.2 Å². The first-order chi connectivity index (χ1) is 7.41. The van der Waals surface area contributed by atoms with Crippen LogP contribution >= 0.6 is 0 Å². The summed E-state index contributed by atoms with van der Waals surface area (Å²) in [5.41, 5.74) is 2.27. The van der Waals surface area contributed by atoms with Crippen molar-refractivity contribution in [3.63, 3.8) is 0 Å². The highest BCUT2D eigenvalue weighted by atomic mass is 19.3. The maximum atomic E-state index is 12.0. The third kappa shape index (κ3) is 2.92. The Morgan fingerprint density at radius 3 is 2.50 bits per heavy atom. The second-order valence-electron chi connectivity index (χ2n) is 3.69. The summed E-state index contributed by atoms with van der Waals surface area (Å²) in [6, 6.07) is 5.04. The number of hydrogen-bond donors (Lipinski definition) is 1. The van der Waals surface area contributed by atoms with Gasteiger partial charge in [0.05, 0.1) is 0 Å². The third-order valence-corrected chi connectivity index (χ3v) is 2.16. The molecule has 5 heteroatoms. The van der Waals surface area contributed by atoms with E-state index in [4.69, 9.17) is 0 Å². The molecule has 1 aromatic carbocycles. The lowest BCUT2D eigenvalue weighted by Crippen LogP contribution is -2.20. The number of hydrogen-bond acceptors (Lipinski definition) is 2. The molecule has 0 bridgehead atoms. The molecular formula is C11H14F2N2O. The number of benzene rings is 1. The molecule has 1 amide bonds. The Kier molecular flexibility index (Phi) is 3.82. The van der Waals surface area contributed by atoms with E-state index in [9.17, 15) is 13.6 Å². The van der Waals surface area contributed by atoms with Crippen LogP contribution in [0.3, 0.4) is 0 Å². The second-order valence-corrected chi connectivity index (χ2v) is 3.69. The number of carbonyl (C=O) groups is 1. The zero-order valence-electron chi connectivity index (χ0n) is 9.42. The molecule has 0 aliphatic rings. The predicted molar refractivity (Wildman–Crippen MR) is 60.1 cm³/mol. The molecule has 0 saturated heterocycles. The van der Waals surface area contributed by atoms with Gasteiger partial charge in [-0.05, 0) is 24.6 Å². The van der Waals surface area contributed by atoms with Crippen molar-refractivity contribution < 1.29 is 13.6 Å². The van der Waals surface area contributed by atoms with E-state index >= 15 is 0 Å². The molecule has 88 valence electrons. The van der Waals surface area contributed by atoms with Gasteiger partial charge in [-0.2, -0.15) is 8.78 Å². The van der Waals surface area contributed by atoms with E-state index in [1.807, 2.05) is 25.9 Å². The number of aryl methyl sites for hydroxylation is 1. The molecular weight excluding hydrogens is 214 g/mol. The fourth-order valence-electron chi connectivity index (χ4n) is 1.37. The van der Waals surface area contributed by atoms with Crippen molar-refractivity contribution in [2.45, 2.75) is 13.3 Å². The van der Waals surface area contributed by atoms with Crippen LogP contribution in [0, 0.1) is 6.92 Å². The molecule has 0 fully saturated rings. The van der Waals surface area contributed by atoms with Crippen molar-refractivity contribution in [2.75, 3.05) is 24.3 Å². The van der Waals surface area contributed by atoms with Gasteiger partial charge in [-0.1, -0.05) is 6.07 Å². The highest BCUT2D eigenvalue weighted by molar-refractivity contribution is 5.93. The Morgan fingerprint density at radius 1 is 1.38 bits per heavy atom. The van der Waals surface area contributed by atoms with E-state index in [1.54, 1.807) is 18.2 Å². The standard InChI is InChI=1S/C11H14F2N2O/c1-7-4-5-8(6-9(7)15(2)3)14-11(16)10(12)13/h4-6,10H,1-3H3,(H,14,16). The Morgan fingerprint density at radius 2 is 2.00 bits per heavy atom. The summed E-state index contributed by atoms with van der Waals surface area (Å²) in [5.74, 6) is -1.28. The van der Waals surface area contributed by atoms with Gasteiger partial charge in [-0.3, -0.25) is 4.79 Å². The number of anilines is 2. The molecule has 16 heavy (non-hydrogen) atoms. The summed E-state index contributed by atoms with van der Waals surface area (Å²) in [5, 5.41) is 2.15. The fraction of sp³-hybridized carbons (Fsp3) is 0.364. The highest BCUT2D eigenvalue weighted by Crippen LogP contribution is 2.22. The lowest BCUT2D eigenvalue weighted by Gasteiger charge is -2.17. The van der Waals surface area contributed by atoms with Crippen molar-refractivity contribution in [3.05, 3.63) is 23.8 Å². The van der Waals surface area contributed by atoms with Gasteiger partial charge in [0.25, 0.3) is 5.91 Å². The van der Waals surface area contributed by atoms with E-state index in [2.05, 4.69) is 5.32 Å². The fourth-order valence-corrected chi connectivity index (χ4v) is 1.37. The minimum Gasteiger partial charge on any atom is -0.377 e. The van der Waals surface area contributed by atoms with Crippen LogP contribution in [-0.2, 0) is 4.79 Å². The van der Waals surface area contributed by atoms with Gasteiger partial charge in [0.15, 0.2) is 0 Å². The van der Waals surface area contributed by atoms with Crippen LogP contribution in [0.4, 0.5) is 20.2 Å².